The Labute approximate surface area is 157 Å². The number of benzene rings is 2. The lowest BCUT2D eigenvalue weighted by molar-refractivity contribution is 0.448. The van der Waals surface area contributed by atoms with E-state index in [1.165, 1.54) is 0 Å². The van der Waals surface area contributed by atoms with E-state index in [2.05, 4.69) is 20.1 Å². The van der Waals surface area contributed by atoms with Gasteiger partial charge in [-0.3, -0.25) is 0 Å². The van der Waals surface area contributed by atoms with E-state index in [0.717, 1.165) is 57.4 Å². The Morgan fingerprint density at radius 1 is 0.846 bits per heavy atom. The van der Waals surface area contributed by atoms with Crippen molar-refractivity contribution in [2.24, 2.45) is 0 Å². The highest BCUT2D eigenvalue weighted by molar-refractivity contribution is 5.72. The van der Waals surface area contributed by atoms with E-state index in [1.54, 1.807) is 0 Å². The number of rotatable bonds is 6. The van der Waals surface area contributed by atoms with Crippen molar-refractivity contribution in [3.8, 4) is 11.5 Å². The van der Waals surface area contributed by atoms with Crippen LogP contribution in [0.25, 0.3) is 11.1 Å². The van der Waals surface area contributed by atoms with E-state index >= 15 is 0 Å². The Morgan fingerprint density at radius 2 is 1.23 bits per heavy atom. The summed E-state index contributed by atoms with van der Waals surface area (Å²) in [5, 5.41) is 21.8. The topological polar surface area (TPSA) is 40.5 Å². The van der Waals surface area contributed by atoms with Crippen LogP contribution in [0.2, 0.25) is 0 Å². The molecule has 0 aliphatic heterocycles. The summed E-state index contributed by atoms with van der Waals surface area (Å²) in [5.74, 6) is 0.440. The Hall–Kier alpha value is -2.48. The number of aromatic hydroxyl groups is 2. The smallest absolute Gasteiger partial charge is 0.126 e. The third kappa shape index (κ3) is 3.85. The molecular weight excluding hydrogens is 320 g/mol. The van der Waals surface area contributed by atoms with E-state index in [-0.39, 0.29) is 17.4 Å². The maximum Gasteiger partial charge on any atom is 0.126 e. The fourth-order valence-electron chi connectivity index (χ4n) is 3.56. The minimum Gasteiger partial charge on any atom is -0.507 e. The third-order valence-corrected chi connectivity index (χ3v) is 4.82. The summed E-state index contributed by atoms with van der Waals surface area (Å²) in [6.45, 7) is 17.9. The van der Waals surface area contributed by atoms with Gasteiger partial charge in [0, 0.05) is 28.2 Å². The van der Waals surface area contributed by atoms with Crippen LogP contribution in [0.3, 0.4) is 0 Å². The Balaban J connectivity index is 2.77. The van der Waals surface area contributed by atoms with E-state index in [0.29, 0.717) is 0 Å². The number of hydrogen-bond donors (Lipinski definition) is 2. The van der Waals surface area contributed by atoms with Crippen LogP contribution in [0.5, 0.6) is 11.5 Å². The molecule has 0 radical (unpaired) electrons. The zero-order valence-corrected chi connectivity index (χ0v) is 16.6. The van der Waals surface area contributed by atoms with Crippen LogP contribution in [0, 0.1) is 13.8 Å². The summed E-state index contributed by atoms with van der Waals surface area (Å²) in [6, 6.07) is 7.95. The molecule has 0 saturated carbocycles. The number of phenols is 2. The molecule has 2 N–H and O–H groups in total. The Kier molecular flexibility index (Phi) is 5.97. The fraction of sp³-hybridized carbons (Fsp3) is 0.333. The molecule has 2 heteroatoms. The van der Waals surface area contributed by atoms with E-state index in [1.807, 2.05) is 52.0 Å². The van der Waals surface area contributed by atoms with Gasteiger partial charge < -0.3 is 10.2 Å². The Morgan fingerprint density at radius 3 is 1.54 bits per heavy atom. The molecule has 0 unspecified atom stereocenters. The highest BCUT2D eigenvalue weighted by Crippen LogP contribution is 2.44. The SMILES string of the molecule is C=C(C)c1cc(C)cc(C(CCC)c2cc(C)cc(C(=C)C)c2O)c1O. The first-order chi connectivity index (χ1) is 12.2. The standard InChI is InChI=1S/C24H30O2/c1-8-9-18(21-12-16(6)10-19(14(2)3)23(21)25)22-13-17(7)11-20(15(4)5)24(22)26/h10-13,18,25-26H,2,4,8-9H2,1,3,5-7H3. The molecule has 0 atom stereocenters. The molecule has 0 spiro atoms. The van der Waals surface area contributed by atoms with Crippen molar-refractivity contribution >= 4 is 11.1 Å². The van der Waals surface area contributed by atoms with E-state index in [9.17, 15) is 10.2 Å². The molecule has 26 heavy (non-hydrogen) atoms. The molecule has 0 saturated heterocycles. The van der Waals surface area contributed by atoms with Crippen molar-refractivity contribution in [1.29, 1.82) is 0 Å². The number of allylic oxidation sites excluding steroid dienone is 2. The van der Waals surface area contributed by atoms with Crippen molar-refractivity contribution in [1.82, 2.24) is 0 Å². The van der Waals surface area contributed by atoms with Gasteiger partial charge in [-0.05, 0) is 68.5 Å². The minimum absolute atomic E-state index is 0.0870. The molecule has 0 aromatic heterocycles. The molecule has 2 rings (SSSR count). The third-order valence-electron chi connectivity index (χ3n) is 4.82. The van der Waals surface area contributed by atoms with Crippen LogP contribution in [0.1, 0.15) is 72.9 Å². The first kappa shape index (κ1) is 19.8. The molecule has 0 aliphatic rings. The van der Waals surface area contributed by atoms with E-state index < -0.39 is 0 Å². The second-order valence-corrected chi connectivity index (χ2v) is 7.40. The van der Waals surface area contributed by atoms with Crippen LogP contribution in [0.15, 0.2) is 37.4 Å². The van der Waals surface area contributed by atoms with Crippen LogP contribution in [-0.2, 0) is 0 Å². The van der Waals surface area contributed by atoms with Crippen molar-refractivity contribution < 1.29 is 10.2 Å². The summed E-state index contributed by atoms with van der Waals surface area (Å²) in [7, 11) is 0. The van der Waals surface area contributed by atoms with Crippen LogP contribution in [-0.4, -0.2) is 10.2 Å². The maximum absolute atomic E-state index is 10.9. The van der Waals surface area contributed by atoms with Gasteiger partial charge in [-0.25, -0.2) is 0 Å². The second-order valence-electron chi connectivity index (χ2n) is 7.40. The number of hydrogen-bond acceptors (Lipinski definition) is 2. The minimum atomic E-state index is -0.0870. The zero-order chi connectivity index (χ0) is 19.6. The van der Waals surface area contributed by atoms with Gasteiger partial charge >= 0.3 is 0 Å². The number of phenolic OH excluding ortho intramolecular Hbond substituents is 2. The van der Waals surface area contributed by atoms with Crippen molar-refractivity contribution in [2.75, 3.05) is 0 Å². The second kappa shape index (κ2) is 7.82. The summed E-state index contributed by atoms with van der Waals surface area (Å²) in [4.78, 5) is 0. The van der Waals surface area contributed by atoms with Gasteiger partial charge in [-0.1, -0.05) is 38.6 Å². The quantitative estimate of drug-likeness (QED) is 0.607. The van der Waals surface area contributed by atoms with Gasteiger partial charge in [0.1, 0.15) is 11.5 Å². The predicted octanol–water partition coefficient (Wildman–Crippen LogP) is 6.71. The molecule has 2 aromatic carbocycles. The molecule has 2 nitrogen and oxygen atoms in total. The monoisotopic (exact) mass is 350 g/mol. The normalized spacial score (nSPS) is 11.0. The highest BCUT2D eigenvalue weighted by atomic mass is 16.3. The molecule has 2 aromatic rings. The van der Waals surface area contributed by atoms with Gasteiger partial charge in [0.25, 0.3) is 0 Å². The molecule has 0 fully saturated rings. The van der Waals surface area contributed by atoms with Gasteiger partial charge in [0.2, 0.25) is 0 Å². The Bertz CT molecular complexity index is 789. The van der Waals surface area contributed by atoms with Crippen LogP contribution >= 0.6 is 0 Å². The average Bonchev–Trinajstić information content (AvgIpc) is 2.56. The first-order valence-corrected chi connectivity index (χ1v) is 9.16. The average molecular weight is 351 g/mol. The summed E-state index contributed by atoms with van der Waals surface area (Å²) >= 11 is 0. The molecule has 138 valence electrons. The van der Waals surface area contributed by atoms with Gasteiger partial charge in [0.15, 0.2) is 0 Å². The fourth-order valence-corrected chi connectivity index (χ4v) is 3.56. The van der Waals surface area contributed by atoms with Crippen LogP contribution < -0.4 is 0 Å². The van der Waals surface area contributed by atoms with Crippen LogP contribution in [0.4, 0.5) is 0 Å². The highest BCUT2D eigenvalue weighted by Gasteiger charge is 2.24. The zero-order valence-electron chi connectivity index (χ0n) is 16.6. The largest absolute Gasteiger partial charge is 0.507 e. The lowest BCUT2D eigenvalue weighted by atomic mass is 9.82. The van der Waals surface area contributed by atoms with Crippen molar-refractivity contribution in [3.63, 3.8) is 0 Å². The van der Waals surface area contributed by atoms with Gasteiger partial charge in [-0.2, -0.15) is 0 Å². The molecule has 0 heterocycles. The molecule has 0 bridgehead atoms. The van der Waals surface area contributed by atoms with Crippen molar-refractivity contribution in [2.45, 2.75) is 53.4 Å². The predicted molar refractivity (Wildman–Crippen MR) is 112 cm³/mol. The summed E-state index contributed by atoms with van der Waals surface area (Å²) in [5.41, 5.74) is 7.05. The molecular formula is C24H30O2. The molecule has 0 aliphatic carbocycles. The summed E-state index contributed by atoms with van der Waals surface area (Å²) < 4.78 is 0. The van der Waals surface area contributed by atoms with Crippen molar-refractivity contribution in [3.05, 3.63) is 70.8 Å². The van der Waals surface area contributed by atoms with E-state index in [4.69, 9.17) is 0 Å². The lowest BCUT2D eigenvalue weighted by Crippen LogP contribution is -2.05. The summed E-state index contributed by atoms with van der Waals surface area (Å²) in [6.07, 6.45) is 1.77. The van der Waals surface area contributed by atoms with Gasteiger partial charge in [-0.15, -0.1) is 0 Å². The van der Waals surface area contributed by atoms with Gasteiger partial charge in [0.05, 0.1) is 0 Å². The first-order valence-electron chi connectivity index (χ1n) is 9.16. The maximum atomic E-state index is 10.9. The lowest BCUT2D eigenvalue weighted by Gasteiger charge is -2.23. The molecule has 0 amide bonds. The number of aryl methyl sites for hydroxylation is 2.